The molecule has 3 atom stereocenters. The average molecular weight is 305 g/mol. The topological polar surface area (TPSA) is 66.8 Å². The lowest BCUT2D eigenvalue weighted by Gasteiger charge is -2.33. The fourth-order valence-corrected chi connectivity index (χ4v) is 2.78. The van der Waals surface area contributed by atoms with Gasteiger partial charge in [-0.05, 0) is 32.3 Å². The lowest BCUT2D eigenvalue weighted by Crippen LogP contribution is -2.47. The number of hydrogen-bond donors (Lipinski definition) is 1. The first-order chi connectivity index (χ1) is 10.5. The maximum Gasteiger partial charge on any atom is 0.326 e. The summed E-state index contributed by atoms with van der Waals surface area (Å²) in [6.07, 6.45) is 1.35. The van der Waals surface area contributed by atoms with Crippen molar-refractivity contribution in [3.8, 4) is 0 Å². The summed E-state index contributed by atoms with van der Waals surface area (Å²) in [6.45, 7) is 4.38. The largest absolute Gasteiger partial charge is 0.480 e. The SMILES string of the molecule is CC1CC(C(=O)N(Cc2ccccc2)C(C)C(=O)O)CCO1. The minimum Gasteiger partial charge on any atom is -0.480 e. The first-order valence-corrected chi connectivity index (χ1v) is 7.68. The molecule has 3 unspecified atom stereocenters. The van der Waals surface area contributed by atoms with Crippen molar-refractivity contribution >= 4 is 11.9 Å². The number of ether oxygens (including phenoxy) is 1. The van der Waals surface area contributed by atoms with Crippen LogP contribution in [0.15, 0.2) is 30.3 Å². The Morgan fingerprint density at radius 3 is 2.64 bits per heavy atom. The number of carboxylic acid groups (broad SMARTS) is 1. The van der Waals surface area contributed by atoms with Crippen LogP contribution in [-0.2, 0) is 20.9 Å². The maximum atomic E-state index is 12.8. The van der Waals surface area contributed by atoms with Crippen molar-refractivity contribution in [2.45, 2.75) is 45.4 Å². The molecule has 1 amide bonds. The molecule has 1 N–H and O–H groups in total. The zero-order chi connectivity index (χ0) is 16.1. The summed E-state index contributed by atoms with van der Waals surface area (Å²) in [5, 5.41) is 9.31. The Morgan fingerprint density at radius 1 is 1.36 bits per heavy atom. The lowest BCUT2D eigenvalue weighted by molar-refractivity contribution is -0.154. The average Bonchev–Trinajstić information content (AvgIpc) is 2.52. The highest BCUT2D eigenvalue weighted by Crippen LogP contribution is 2.24. The standard InChI is InChI=1S/C17H23NO4/c1-12-10-15(8-9-22-12)16(19)18(13(2)17(20)21)11-14-6-4-3-5-7-14/h3-7,12-13,15H,8-11H2,1-2H3,(H,20,21). The second-order valence-electron chi connectivity index (χ2n) is 5.87. The number of carbonyl (C=O) groups excluding carboxylic acids is 1. The fraction of sp³-hybridized carbons (Fsp3) is 0.529. The molecule has 1 aromatic carbocycles. The van der Waals surface area contributed by atoms with Gasteiger partial charge in [-0.25, -0.2) is 4.79 Å². The summed E-state index contributed by atoms with van der Waals surface area (Å²) in [5.41, 5.74) is 0.934. The van der Waals surface area contributed by atoms with Gasteiger partial charge in [0.25, 0.3) is 0 Å². The van der Waals surface area contributed by atoms with Crippen LogP contribution in [0.25, 0.3) is 0 Å². The van der Waals surface area contributed by atoms with Crippen LogP contribution in [0.1, 0.15) is 32.3 Å². The van der Waals surface area contributed by atoms with E-state index in [2.05, 4.69) is 0 Å². The number of nitrogens with zero attached hydrogens (tertiary/aromatic N) is 1. The molecular formula is C17H23NO4. The van der Waals surface area contributed by atoms with Gasteiger partial charge in [0.1, 0.15) is 6.04 Å². The molecule has 22 heavy (non-hydrogen) atoms. The third-order valence-corrected chi connectivity index (χ3v) is 4.14. The molecule has 0 spiro atoms. The van der Waals surface area contributed by atoms with Crippen molar-refractivity contribution < 1.29 is 19.4 Å². The van der Waals surface area contributed by atoms with E-state index in [1.165, 1.54) is 4.90 Å². The van der Waals surface area contributed by atoms with E-state index in [1.807, 2.05) is 37.3 Å². The fourth-order valence-electron chi connectivity index (χ4n) is 2.78. The van der Waals surface area contributed by atoms with Crippen LogP contribution in [0.5, 0.6) is 0 Å². The number of amides is 1. The van der Waals surface area contributed by atoms with Crippen molar-refractivity contribution in [1.29, 1.82) is 0 Å². The first-order valence-electron chi connectivity index (χ1n) is 7.68. The summed E-state index contributed by atoms with van der Waals surface area (Å²) in [6, 6.07) is 8.64. The monoisotopic (exact) mass is 305 g/mol. The zero-order valence-electron chi connectivity index (χ0n) is 13.1. The number of rotatable bonds is 5. The zero-order valence-corrected chi connectivity index (χ0v) is 13.1. The van der Waals surface area contributed by atoms with Crippen molar-refractivity contribution in [3.63, 3.8) is 0 Å². The van der Waals surface area contributed by atoms with Crippen molar-refractivity contribution in [3.05, 3.63) is 35.9 Å². The minimum absolute atomic E-state index is 0.0430. The number of benzene rings is 1. The molecule has 0 radical (unpaired) electrons. The minimum atomic E-state index is -0.982. The highest BCUT2D eigenvalue weighted by molar-refractivity contribution is 5.85. The molecule has 0 bridgehead atoms. The Hall–Kier alpha value is -1.88. The van der Waals surface area contributed by atoms with Crippen LogP contribution in [0.2, 0.25) is 0 Å². The van der Waals surface area contributed by atoms with Gasteiger partial charge in [0.15, 0.2) is 0 Å². The van der Waals surface area contributed by atoms with Gasteiger partial charge in [-0.2, -0.15) is 0 Å². The van der Waals surface area contributed by atoms with Gasteiger partial charge in [0.05, 0.1) is 6.10 Å². The number of aliphatic carboxylic acids is 1. The molecule has 0 aromatic heterocycles. The van der Waals surface area contributed by atoms with Crippen LogP contribution in [0, 0.1) is 5.92 Å². The second-order valence-corrected chi connectivity index (χ2v) is 5.87. The highest BCUT2D eigenvalue weighted by Gasteiger charge is 2.33. The molecule has 1 heterocycles. The molecule has 5 heteroatoms. The van der Waals surface area contributed by atoms with Gasteiger partial charge in [-0.15, -0.1) is 0 Å². The van der Waals surface area contributed by atoms with Crippen molar-refractivity contribution in [1.82, 2.24) is 4.90 Å². The third kappa shape index (κ3) is 4.07. The van der Waals surface area contributed by atoms with E-state index in [0.29, 0.717) is 26.0 Å². The molecule has 1 saturated heterocycles. The summed E-state index contributed by atoms with van der Waals surface area (Å²) in [7, 11) is 0. The van der Waals surface area contributed by atoms with E-state index >= 15 is 0 Å². The number of carboxylic acids is 1. The molecule has 120 valence electrons. The van der Waals surface area contributed by atoms with Gasteiger partial charge in [-0.3, -0.25) is 4.79 Å². The summed E-state index contributed by atoms with van der Waals surface area (Å²) >= 11 is 0. The van der Waals surface area contributed by atoms with Gasteiger partial charge < -0.3 is 14.7 Å². The van der Waals surface area contributed by atoms with Gasteiger partial charge in [0, 0.05) is 19.1 Å². The van der Waals surface area contributed by atoms with Crippen LogP contribution < -0.4 is 0 Å². The van der Waals surface area contributed by atoms with Crippen LogP contribution >= 0.6 is 0 Å². The van der Waals surface area contributed by atoms with Crippen LogP contribution in [0.4, 0.5) is 0 Å². The molecular weight excluding hydrogens is 282 g/mol. The second kappa shape index (κ2) is 7.40. The summed E-state index contributed by atoms with van der Waals surface area (Å²) < 4.78 is 5.48. The summed E-state index contributed by atoms with van der Waals surface area (Å²) in [4.78, 5) is 25.6. The van der Waals surface area contributed by atoms with Gasteiger partial charge in [0.2, 0.25) is 5.91 Å². The van der Waals surface area contributed by atoms with E-state index in [4.69, 9.17) is 4.74 Å². The van der Waals surface area contributed by atoms with Crippen molar-refractivity contribution in [2.24, 2.45) is 5.92 Å². The molecule has 0 saturated carbocycles. The quantitative estimate of drug-likeness (QED) is 0.906. The molecule has 1 aliphatic rings. The third-order valence-electron chi connectivity index (χ3n) is 4.14. The normalized spacial score (nSPS) is 22.8. The smallest absolute Gasteiger partial charge is 0.326 e. The van der Waals surface area contributed by atoms with E-state index in [0.717, 1.165) is 5.56 Å². The van der Waals surface area contributed by atoms with Gasteiger partial charge in [-0.1, -0.05) is 30.3 Å². The molecule has 1 fully saturated rings. The highest BCUT2D eigenvalue weighted by atomic mass is 16.5. The first kappa shape index (κ1) is 16.5. The molecule has 1 aromatic rings. The van der Waals surface area contributed by atoms with Crippen molar-refractivity contribution in [2.75, 3.05) is 6.61 Å². The Balaban J connectivity index is 2.16. The predicted molar refractivity (Wildman–Crippen MR) is 82.2 cm³/mol. The van der Waals surface area contributed by atoms with Crippen LogP contribution in [-0.4, -0.2) is 40.6 Å². The van der Waals surface area contributed by atoms with E-state index in [9.17, 15) is 14.7 Å². The van der Waals surface area contributed by atoms with E-state index in [1.54, 1.807) is 6.92 Å². The number of hydrogen-bond acceptors (Lipinski definition) is 3. The lowest BCUT2D eigenvalue weighted by atomic mass is 9.94. The number of carbonyl (C=O) groups is 2. The summed E-state index contributed by atoms with van der Waals surface area (Å²) in [5.74, 6) is -1.23. The molecule has 1 aliphatic heterocycles. The van der Waals surface area contributed by atoms with E-state index < -0.39 is 12.0 Å². The Kier molecular flexibility index (Phi) is 5.55. The molecule has 5 nitrogen and oxygen atoms in total. The molecule has 2 rings (SSSR count). The van der Waals surface area contributed by atoms with Crippen LogP contribution in [0.3, 0.4) is 0 Å². The predicted octanol–water partition coefficient (Wildman–Crippen LogP) is 2.30. The van der Waals surface area contributed by atoms with E-state index in [-0.39, 0.29) is 17.9 Å². The maximum absolute atomic E-state index is 12.8. The Labute approximate surface area is 130 Å². The van der Waals surface area contributed by atoms with Gasteiger partial charge >= 0.3 is 5.97 Å². The molecule has 0 aliphatic carbocycles. The Morgan fingerprint density at radius 2 is 2.05 bits per heavy atom. The Bertz CT molecular complexity index is 517.